The Labute approximate surface area is 185 Å². The van der Waals surface area contributed by atoms with E-state index in [1.807, 2.05) is 31.3 Å². The number of aromatic nitrogens is 4. The minimum atomic E-state index is -0.618. The predicted octanol–water partition coefficient (Wildman–Crippen LogP) is 3.70. The monoisotopic (exact) mass is 434 g/mol. The van der Waals surface area contributed by atoms with E-state index in [0.29, 0.717) is 22.0 Å². The Hall–Kier alpha value is -3.52. The predicted molar refractivity (Wildman–Crippen MR) is 120 cm³/mol. The summed E-state index contributed by atoms with van der Waals surface area (Å²) in [6, 6.07) is 5.61. The Morgan fingerprint density at radius 3 is 2.53 bits per heavy atom. The molecule has 0 aliphatic carbocycles. The number of aliphatic hydroxyl groups is 1. The Morgan fingerprint density at radius 2 is 1.88 bits per heavy atom. The fourth-order valence-corrected chi connectivity index (χ4v) is 3.88. The number of ketones is 1. The van der Waals surface area contributed by atoms with E-state index in [4.69, 9.17) is 4.74 Å². The summed E-state index contributed by atoms with van der Waals surface area (Å²) in [7, 11) is 0. The molecule has 0 radical (unpaired) electrons. The number of aliphatic hydroxyl groups excluding tert-OH is 1. The number of hydrogen-bond acceptors (Lipinski definition) is 6. The first-order valence-corrected chi connectivity index (χ1v) is 10.4. The average Bonchev–Trinajstić information content (AvgIpc) is 3.24. The molecule has 0 saturated heterocycles. The molecule has 1 aromatic carbocycles. The summed E-state index contributed by atoms with van der Waals surface area (Å²) in [5, 5.41) is 15.2. The lowest BCUT2D eigenvalue weighted by Gasteiger charge is -2.20. The lowest BCUT2D eigenvalue weighted by molar-refractivity contribution is -0.155. The van der Waals surface area contributed by atoms with Crippen LogP contribution in [-0.2, 0) is 22.7 Å². The quantitative estimate of drug-likeness (QED) is 0.380. The van der Waals surface area contributed by atoms with Crippen LogP contribution in [0.2, 0.25) is 0 Å². The normalized spacial score (nSPS) is 11.9. The van der Waals surface area contributed by atoms with Gasteiger partial charge >= 0.3 is 5.97 Å². The van der Waals surface area contributed by atoms with Gasteiger partial charge in [0, 0.05) is 46.7 Å². The third-order valence-electron chi connectivity index (χ3n) is 5.09. The Bertz CT molecular complexity index is 1360. The molecular formula is C24H26N4O4. The SMILES string of the molecule is CC(=O)c1cn(CC(=O)OC(C)(C)C)c2c(CO)cc(-c3cnc4cc(C)nn4c3)cc12. The topological polar surface area (TPSA) is 98.7 Å². The number of fused-ring (bicyclic) bond motifs is 2. The molecule has 3 aromatic heterocycles. The van der Waals surface area contributed by atoms with Crippen molar-refractivity contribution in [2.75, 3.05) is 0 Å². The molecule has 0 fully saturated rings. The highest BCUT2D eigenvalue weighted by atomic mass is 16.6. The molecule has 0 aliphatic rings. The van der Waals surface area contributed by atoms with Crippen molar-refractivity contribution in [3.63, 3.8) is 0 Å². The van der Waals surface area contributed by atoms with Gasteiger partial charge in [0.1, 0.15) is 12.1 Å². The Morgan fingerprint density at radius 1 is 1.12 bits per heavy atom. The molecule has 0 unspecified atom stereocenters. The minimum absolute atomic E-state index is 0.0620. The minimum Gasteiger partial charge on any atom is -0.459 e. The summed E-state index contributed by atoms with van der Waals surface area (Å²) in [5.41, 5.74) is 4.29. The second-order valence-electron chi connectivity index (χ2n) is 8.93. The molecule has 0 saturated carbocycles. The summed E-state index contributed by atoms with van der Waals surface area (Å²) >= 11 is 0. The first-order valence-electron chi connectivity index (χ1n) is 10.4. The Kier molecular flexibility index (Phi) is 5.34. The van der Waals surface area contributed by atoms with E-state index in [9.17, 15) is 14.7 Å². The summed E-state index contributed by atoms with van der Waals surface area (Å²) in [4.78, 5) is 29.3. The van der Waals surface area contributed by atoms with Crippen molar-refractivity contribution in [3.8, 4) is 11.1 Å². The molecule has 3 heterocycles. The molecule has 0 aliphatic heterocycles. The van der Waals surface area contributed by atoms with Crippen molar-refractivity contribution in [2.45, 2.75) is 53.4 Å². The van der Waals surface area contributed by atoms with Crippen LogP contribution in [0, 0.1) is 6.92 Å². The van der Waals surface area contributed by atoms with Crippen LogP contribution in [0.25, 0.3) is 27.7 Å². The molecule has 4 rings (SSSR count). The lowest BCUT2D eigenvalue weighted by Crippen LogP contribution is -2.26. The number of Topliss-reactive ketones (excluding diaryl/α,β-unsaturated/α-hetero) is 1. The van der Waals surface area contributed by atoms with Crippen LogP contribution < -0.4 is 0 Å². The third-order valence-corrected chi connectivity index (χ3v) is 5.09. The van der Waals surface area contributed by atoms with Crippen molar-refractivity contribution in [2.24, 2.45) is 0 Å². The van der Waals surface area contributed by atoms with E-state index >= 15 is 0 Å². The highest BCUT2D eigenvalue weighted by Gasteiger charge is 2.21. The van der Waals surface area contributed by atoms with Crippen molar-refractivity contribution in [3.05, 3.63) is 53.6 Å². The average molecular weight is 434 g/mol. The smallest absolute Gasteiger partial charge is 0.326 e. The molecule has 166 valence electrons. The van der Waals surface area contributed by atoms with E-state index < -0.39 is 11.6 Å². The molecule has 32 heavy (non-hydrogen) atoms. The zero-order chi connectivity index (χ0) is 23.2. The van der Waals surface area contributed by atoms with Crippen LogP contribution in [0.4, 0.5) is 0 Å². The summed E-state index contributed by atoms with van der Waals surface area (Å²) in [5.74, 6) is -0.545. The number of carbonyl (C=O) groups is 2. The van der Waals surface area contributed by atoms with Gasteiger partial charge < -0.3 is 14.4 Å². The second kappa shape index (κ2) is 7.87. The van der Waals surface area contributed by atoms with E-state index in [0.717, 1.165) is 22.5 Å². The van der Waals surface area contributed by atoms with Gasteiger partial charge in [-0.3, -0.25) is 9.59 Å². The fourth-order valence-electron chi connectivity index (χ4n) is 3.88. The van der Waals surface area contributed by atoms with Gasteiger partial charge in [-0.05, 0) is 52.3 Å². The number of ether oxygens (including phenoxy) is 1. The first-order chi connectivity index (χ1) is 15.1. The van der Waals surface area contributed by atoms with Crippen molar-refractivity contribution < 1.29 is 19.4 Å². The lowest BCUT2D eigenvalue weighted by atomic mass is 10.00. The maximum atomic E-state index is 12.5. The van der Waals surface area contributed by atoms with E-state index in [1.54, 1.807) is 42.2 Å². The summed E-state index contributed by atoms with van der Waals surface area (Å²) in [6.45, 7) is 8.48. The van der Waals surface area contributed by atoms with E-state index in [-0.39, 0.29) is 18.9 Å². The van der Waals surface area contributed by atoms with Crippen LogP contribution in [0.3, 0.4) is 0 Å². The molecule has 0 atom stereocenters. The van der Waals surface area contributed by atoms with Crippen molar-refractivity contribution in [1.29, 1.82) is 0 Å². The number of hydrogen-bond donors (Lipinski definition) is 1. The zero-order valence-corrected chi connectivity index (χ0v) is 18.8. The van der Waals surface area contributed by atoms with Gasteiger partial charge in [0.05, 0.1) is 17.8 Å². The van der Waals surface area contributed by atoms with Gasteiger partial charge in [-0.15, -0.1) is 0 Å². The van der Waals surface area contributed by atoms with Crippen LogP contribution in [0.5, 0.6) is 0 Å². The van der Waals surface area contributed by atoms with Gasteiger partial charge in [-0.1, -0.05) is 0 Å². The van der Waals surface area contributed by atoms with E-state index in [1.165, 1.54) is 6.92 Å². The van der Waals surface area contributed by atoms with Gasteiger partial charge in [0.25, 0.3) is 0 Å². The van der Waals surface area contributed by atoms with Crippen LogP contribution in [0.15, 0.2) is 36.8 Å². The molecule has 4 aromatic rings. The van der Waals surface area contributed by atoms with Crippen molar-refractivity contribution in [1.82, 2.24) is 19.2 Å². The van der Waals surface area contributed by atoms with Gasteiger partial charge in [-0.2, -0.15) is 5.10 Å². The maximum Gasteiger partial charge on any atom is 0.326 e. The number of rotatable bonds is 5. The van der Waals surface area contributed by atoms with E-state index in [2.05, 4.69) is 10.1 Å². The summed E-state index contributed by atoms with van der Waals surface area (Å²) < 4.78 is 8.82. The molecule has 8 heteroatoms. The van der Waals surface area contributed by atoms with Crippen LogP contribution >= 0.6 is 0 Å². The molecule has 0 spiro atoms. The maximum absolute atomic E-state index is 12.5. The zero-order valence-electron chi connectivity index (χ0n) is 18.8. The number of nitrogens with zero attached hydrogens (tertiary/aromatic N) is 4. The third kappa shape index (κ3) is 4.13. The molecule has 8 nitrogen and oxygen atoms in total. The number of esters is 1. The largest absolute Gasteiger partial charge is 0.459 e. The van der Waals surface area contributed by atoms with Gasteiger partial charge in [-0.25, -0.2) is 9.50 Å². The highest BCUT2D eigenvalue weighted by molar-refractivity contribution is 6.09. The van der Waals surface area contributed by atoms with Crippen LogP contribution in [0.1, 0.15) is 49.3 Å². The molecular weight excluding hydrogens is 408 g/mol. The molecule has 0 amide bonds. The number of carbonyl (C=O) groups excluding carboxylic acids is 2. The number of aryl methyl sites for hydroxylation is 1. The Balaban J connectivity index is 1.86. The fraction of sp³-hybridized carbons (Fsp3) is 0.333. The molecule has 1 N–H and O–H groups in total. The van der Waals surface area contributed by atoms with Gasteiger partial charge in [0.15, 0.2) is 11.4 Å². The number of benzene rings is 1. The van der Waals surface area contributed by atoms with Crippen molar-refractivity contribution >= 4 is 28.3 Å². The van der Waals surface area contributed by atoms with Crippen LogP contribution in [-0.4, -0.2) is 41.6 Å². The molecule has 0 bridgehead atoms. The standard InChI is InChI=1S/C24H26N4O4/c1-14-6-21-25-9-18(10-28(21)26-14)16-7-17(13-29)23-19(8-16)20(15(2)30)11-27(23)12-22(31)32-24(3,4)5/h6-11,29H,12-13H2,1-5H3. The second-order valence-corrected chi connectivity index (χ2v) is 8.93. The first kappa shape index (κ1) is 21.7. The van der Waals surface area contributed by atoms with Gasteiger partial charge in [0.2, 0.25) is 0 Å². The summed E-state index contributed by atoms with van der Waals surface area (Å²) in [6.07, 6.45) is 5.25. The highest BCUT2D eigenvalue weighted by Crippen LogP contribution is 2.32.